The van der Waals surface area contributed by atoms with Crippen LogP contribution >= 0.6 is 0 Å². The second-order valence-corrected chi connectivity index (χ2v) is 11.9. The number of hydrogen-bond acceptors (Lipinski definition) is 10. The van der Waals surface area contributed by atoms with Gasteiger partial charge in [-0.2, -0.15) is 0 Å². The number of nitrogens with one attached hydrogen (secondary N) is 2. The highest BCUT2D eigenvalue weighted by Gasteiger charge is 2.39. The number of sulfonamides is 1. The van der Waals surface area contributed by atoms with Crippen molar-refractivity contribution in [2.75, 3.05) is 33.3 Å². The highest BCUT2D eigenvalue weighted by atomic mass is 32.2. The number of esters is 2. The van der Waals surface area contributed by atoms with Crippen molar-refractivity contribution in [2.45, 2.75) is 43.6 Å². The number of dihydropyridines is 1. The number of ether oxygens (including phenoxy) is 2. The van der Waals surface area contributed by atoms with Crippen LogP contribution < -0.4 is 10.0 Å². The van der Waals surface area contributed by atoms with Gasteiger partial charge in [0, 0.05) is 43.2 Å². The Morgan fingerprint density at radius 2 is 1.76 bits per heavy atom. The van der Waals surface area contributed by atoms with Crippen LogP contribution in [0.2, 0.25) is 0 Å². The average molecular weight is 599 g/mol. The molecule has 0 saturated carbocycles. The number of likely N-dealkylation sites (tertiary alicyclic amines) is 1. The zero-order chi connectivity index (χ0) is 30.4. The van der Waals surface area contributed by atoms with Crippen LogP contribution in [0.1, 0.15) is 38.2 Å². The van der Waals surface area contributed by atoms with Gasteiger partial charge in [-0.3, -0.25) is 15.0 Å². The molecule has 1 unspecified atom stereocenters. The first kappa shape index (κ1) is 30.9. The Bertz CT molecular complexity index is 1520. The van der Waals surface area contributed by atoms with Crippen LogP contribution in [-0.2, 0) is 29.1 Å². The summed E-state index contributed by atoms with van der Waals surface area (Å²) in [6.07, 6.45) is 0.870. The zero-order valence-corrected chi connectivity index (χ0v) is 24.5. The summed E-state index contributed by atoms with van der Waals surface area (Å²) in [6.45, 7) is 5.09. The molecule has 13 heteroatoms. The number of nitrogens with zero attached hydrogens (tertiary/aromatic N) is 2. The lowest BCUT2D eigenvalue weighted by Crippen LogP contribution is -2.44. The van der Waals surface area contributed by atoms with E-state index in [0.29, 0.717) is 36.5 Å². The Morgan fingerprint density at radius 3 is 2.43 bits per heavy atom. The van der Waals surface area contributed by atoms with Crippen molar-refractivity contribution in [3.63, 3.8) is 0 Å². The number of benzene rings is 2. The summed E-state index contributed by atoms with van der Waals surface area (Å²) in [5, 5.41) is 14.6. The number of rotatable bonds is 10. The molecule has 0 aliphatic carbocycles. The molecule has 4 rings (SSSR count). The van der Waals surface area contributed by atoms with Crippen LogP contribution in [0, 0.1) is 10.1 Å². The average Bonchev–Trinajstić information content (AvgIpc) is 2.97. The number of nitro benzene ring substituents is 1. The van der Waals surface area contributed by atoms with Gasteiger partial charge in [0.25, 0.3) is 5.69 Å². The summed E-state index contributed by atoms with van der Waals surface area (Å²) >= 11 is 0. The van der Waals surface area contributed by atoms with Gasteiger partial charge in [0.15, 0.2) is 0 Å². The molecule has 2 aliphatic rings. The number of piperidine rings is 1. The molecule has 0 bridgehead atoms. The molecular formula is C29H34N4O8S. The minimum atomic E-state index is -3.63. The molecule has 2 aromatic rings. The maximum Gasteiger partial charge on any atom is 0.337 e. The van der Waals surface area contributed by atoms with Crippen LogP contribution in [0.5, 0.6) is 0 Å². The Balaban J connectivity index is 1.49. The topological polar surface area (TPSA) is 157 Å². The highest BCUT2D eigenvalue weighted by molar-refractivity contribution is 7.89. The van der Waals surface area contributed by atoms with Crippen molar-refractivity contribution in [2.24, 2.45) is 0 Å². The summed E-state index contributed by atoms with van der Waals surface area (Å²) in [5.41, 5.74) is 1.46. The lowest BCUT2D eigenvalue weighted by atomic mass is 9.80. The minimum absolute atomic E-state index is 0.159. The van der Waals surface area contributed by atoms with E-state index in [9.17, 15) is 28.1 Å². The van der Waals surface area contributed by atoms with Gasteiger partial charge in [0.1, 0.15) is 6.10 Å². The number of carbonyl (C=O) groups is 2. The van der Waals surface area contributed by atoms with Crippen LogP contribution in [-0.4, -0.2) is 69.6 Å². The summed E-state index contributed by atoms with van der Waals surface area (Å²) in [5.74, 6) is -2.27. The van der Waals surface area contributed by atoms with Crippen molar-refractivity contribution >= 4 is 27.6 Å². The van der Waals surface area contributed by atoms with Crippen molar-refractivity contribution in [3.05, 3.63) is 92.8 Å². The van der Waals surface area contributed by atoms with E-state index in [1.165, 1.54) is 37.4 Å². The van der Waals surface area contributed by atoms with Gasteiger partial charge in [0.05, 0.1) is 34.0 Å². The van der Waals surface area contributed by atoms with Gasteiger partial charge in [-0.15, -0.1) is 0 Å². The number of non-ortho nitro benzene ring substituents is 1. The smallest absolute Gasteiger partial charge is 0.337 e. The van der Waals surface area contributed by atoms with Gasteiger partial charge in [-0.25, -0.2) is 22.7 Å². The fraction of sp³-hybridized carbons (Fsp3) is 0.379. The third kappa shape index (κ3) is 7.04. The first-order valence-corrected chi connectivity index (χ1v) is 15.0. The Morgan fingerprint density at radius 1 is 1.07 bits per heavy atom. The van der Waals surface area contributed by atoms with E-state index in [1.807, 2.05) is 4.90 Å². The molecule has 2 N–H and O–H groups in total. The molecule has 2 aliphatic heterocycles. The largest absolute Gasteiger partial charge is 0.466 e. The van der Waals surface area contributed by atoms with Gasteiger partial charge in [-0.1, -0.05) is 30.3 Å². The molecule has 2 heterocycles. The fourth-order valence-electron chi connectivity index (χ4n) is 5.34. The first-order chi connectivity index (χ1) is 20.0. The van der Waals surface area contributed by atoms with E-state index in [4.69, 9.17) is 9.47 Å². The van der Waals surface area contributed by atoms with E-state index in [1.54, 1.807) is 38.1 Å². The molecule has 42 heavy (non-hydrogen) atoms. The van der Waals surface area contributed by atoms with Crippen LogP contribution in [0.25, 0.3) is 0 Å². The molecule has 2 aromatic carbocycles. The van der Waals surface area contributed by atoms with Crippen LogP contribution in [0.15, 0.2) is 82.0 Å². The van der Waals surface area contributed by atoms with Crippen molar-refractivity contribution < 1.29 is 32.4 Å². The van der Waals surface area contributed by atoms with Crippen molar-refractivity contribution in [3.8, 4) is 0 Å². The number of allylic oxidation sites excluding steroid dienone is 2. The lowest BCUT2D eigenvalue weighted by molar-refractivity contribution is -0.384. The molecule has 1 saturated heterocycles. The third-order valence-electron chi connectivity index (χ3n) is 7.31. The highest BCUT2D eigenvalue weighted by Crippen LogP contribution is 2.40. The number of methoxy groups -OCH3 is 1. The van der Waals surface area contributed by atoms with Gasteiger partial charge < -0.3 is 14.8 Å². The van der Waals surface area contributed by atoms with Crippen molar-refractivity contribution in [1.29, 1.82) is 0 Å². The molecule has 224 valence electrons. The van der Waals surface area contributed by atoms with Gasteiger partial charge >= 0.3 is 11.9 Å². The summed E-state index contributed by atoms with van der Waals surface area (Å²) in [4.78, 5) is 39.7. The van der Waals surface area contributed by atoms with E-state index >= 15 is 0 Å². The maximum atomic E-state index is 13.7. The van der Waals surface area contributed by atoms with E-state index in [0.717, 1.165) is 13.0 Å². The number of carbonyl (C=O) groups excluding carboxylic acids is 2. The van der Waals surface area contributed by atoms with E-state index in [-0.39, 0.29) is 28.3 Å². The Labute approximate surface area is 244 Å². The molecule has 0 aromatic heterocycles. The maximum absolute atomic E-state index is 13.7. The molecule has 0 spiro atoms. The first-order valence-electron chi connectivity index (χ1n) is 13.5. The number of hydrogen-bond donors (Lipinski definition) is 2. The second kappa shape index (κ2) is 13.3. The van der Waals surface area contributed by atoms with Gasteiger partial charge in [-0.05, 0) is 50.9 Å². The number of nitro groups is 1. The molecule has 12 nitrogen and oxygen atoms in total. The fourth-order valence-corrected chi connectivity index (χ4v) is 6.39. The SMILES string of the molecule is COC(=O)C1=C(C)NC(C)=C(C(=O)OC2CCCN(CCNS(=O)(=O)c3ccccc3)C2)[C@H]1c1cccc([N+](=O)[O-])c1. The summed E-state index contributed by atoms with van der Waals surface area (Å²) in [6, 6.07) is 13.9. The Hall–Kier alpha value is -4.07. The standard InChI is InChI=1S/C29H34N4O8S/c1-19-25(28(34)40-3)27(21-9-7-10-22(17-21)33(36)37)26(20(2)31-19)29(35)41-23-11-8-15-32(18-23)16-14-30-42(38,39)24-12-5-4-6-13-24/h4-7,9-10,12-13,17,23,27,30-31H,8,11,14-16,18H2,1-3H3/t23?,27-/m0/s1. The Kier molecular flexibility index (Phi) is 9.76. The van der Waals surface area contributed by atoms with Gasteiger partial charge in [0.2, 0.25) is 10.0 Å². The predicted molar refractivity (Wildman–Crippen MR) is 154 cm³/mol. The lowest BCUT2D eigenvalue weighted by Gasteiger charge is -2.34. The molecule has 0 radical (unpaired) electrons. The second-order valence-electron chi connectivity index (χ2n) is 10.2. The third-order valence-corrected chi connectivity index (χ3v) is 8.79. The molecule has 2 atom stereocenters. The van der Waals surface area contributed by atoms with Crippen LogP contribution in [0.3, 0.4) is 0 Å². The minimum Gasteiger partial charge on any atom is -0.466 e. The normalized spacial score (nSPS) is 19.7. The van der Waals surface area contributed by atoms with E-state index < -0.39 is 38.9 Å². The monoisotopic (exact) mass is 598 g/mol. The summed E-state index contributed by atoms with van der Waals surface area (Å²) in [7, 11) is -2.40. The molecule has 1 fully saturated rings. The quantitative estimate of drug-likeness (QED) is 0.237. The molecule has 0 amide bonds. The van der Waals surface area contributed by atoms with Crippen LogP contribution in [0.4, 0.5) is 5.69 Å². The van der Waals surface area contributed by atoms with E-state index in [2.05, 4.69) is 10.0 Å². The van der Waals surface area contributed by atoms with Crippen molar-refractivity contribution in [1.82, 2.24) is 14.9 Å². The molecular weight excluding hydrogens is 564 g/mol. The zero-order valence-electron chi connectivity index (χ0n) is 23.7. The predicted octanol–water partition coefficient (Wildman–Crippen LogP) is 2.99. The summed E-state index contributed by atoms with van der Waals surface area (Å²) < 4.78 is 38.6.